The molecule has 0 fully saturated rings. The first kappa shape index (κ1) is 25.8. The maximum atomic E-state index is 12.6. The predicted octanol–water partition coefficient (Wildman–Crippen LogP) is 5.53. The highest BCUT2D eigenvalue weighted by molar-refractivity contribution is 9.10. The molecule has 0 aromatic heterocycles. The minimum Gasteiger partial charge on any atom is -0.492 e. The van der Waals surface area contributed by atoms with Crippen LogP contribution in [0.2, 0.25) is 0 Å². The Balaban J connectivity index is 2.03. The Bertz CT molecular complexity index is 987. The second-order valence-corrected chi connectivity index (χ2v) is 10.1. The van der Waals surface area contributed by atoms with Crippen LogP contribution in [0, 0.1) is 5.92 Å². The number of hydrogen-bond donors (Lipinski definition) is 3. The van der Waals surface area contributed by atoms with Crippen molar-refractivity contribution in [2.75, 3.05) is 11.9 Å². The van der Waals surface area contributed by atoms with E-state index >= 15 is 0 Å². The van der Waals surface area contributed by atoms with Gasteiger partial charge in [-0.1, -0.05) is 26.0 Å². The van der Waals surface area contributed by atoms with Gasteiger partial charge in [0.15, 0.2) is 5.11 Å². The van der Waals surface area contributed by atoms with Crippen molar-refractivity contribution in [2.24, 2.45) is 5.92 Å². The summed E-state index contributed by atoms with van der Waals surface area (Å²) in [5.74, 6) is 0.638. The monoisotopic (exact) mass is 519 g/mol. The van der Waals surface area contributed by atoms with Gasteiger partial charge in [0.2, 0.25) is 0 Å². The van der Waals surface area contributed by atoms with Gasteiger partial charge in [-0.15, -0.1) is 0 Å². The first-order chi connectivity index (χ1) is 15.0. The van der Waals surface area contributed by atoms with E-state index in [0.717, 1.165) is 6.42 Å². The van der Waals surface area contributed by atoms with Gasteiger partial charge in [0.1, 0.15) is 5.75 Å². The molecule has 0 bridgehead atoms. The molecule has 0 aliphatic heterocycles. The van der Waals surface area contributed by atoms with E-state index in [4.69, 9.17) is 17.0 Å². The van der Waals surface area contributed by atoms with E-state index in [2.05, 4.69) is 45.7 Å². The minimum atomic E-state index is -0.378. The summed E-state index contributed by atoms with van der Waals surface area (Å²) in [6, 6.07) is 12.1. The summed E-state index contributed by atoms with van der Waals surface area (Å²) < 4.78 is 6.45. The molecule has 0 spiro atoms. The fourth-order valence-corrected chi connectivity index (χ4v) is 3.39. The summed E-state index contributed by atoms with van der Waals surface area (Å²) >= 11 is 8.75. The van der Waals surface area contributed by atoms with Crippen molar-refractivity contribution in [2.45, 2.75) is 46.6 Å². The van der Waals surface area contributed by atoms with E-state index in [1.165, 1.54) is 0 Å². The smallest absolute Gasteiger partial charge is 0.257 e. The van der Waals surface area contributed by atoms with Gasteiger partial charge in [-0.05, 0) is 91.6 Å². The van der Waals surface area contributed by atoms with Crippen molar-refractivity contribution < 1.29 is 14.3 Å². The molecule has 2 rings (SSSR count). The van der Waals surface area contributed by atoms with Crippen LogP contribution in [-0.4, -0.2) is 29.1 Å². The standard InChI is InChI=1S/C24H30BrN3O3S/c1-15(2)12-13-31-20-11-10-16(14-18(20)25)21(29)27-23(32)26-19-9-7-6-8-17(19)22(30)28-24(3,4)5/h6-11,14-15H,12-13H2,1-5H3,(H,28,30)(H2,26,27,29,32). The van der Waals surface area contributed by atoms with E-state index in [0.29, 0.717) is 39.6 Å². The van der Waals surface area contributed by atoms with Crippen LogP contribution < -0.4 is 20.7 Å². The lowest BCUT2D eigenvalue weighted by Gasteiger charge is -2.21. The molecule has 2 aromatic rings. The molecule has 0 saturated carbocycles. The van der Waals surface area contributed by atoms with Gasteiger partial charge in [-0.2, -0.15) is 0 Å². The van der Waals surface area contributed by atoms with E-state index < -0.39 is 0 Å². The number of nitrogens with one attached hydrogen (secondary N) is 3. The zero-order chi connectivity index (χ0) is 23.9. The molecular formula is C24H30BrN3O3S. The van der Waals surface area contributed by atoms with Crippen LogP contribution in [0.4, 0.5) is 5.69 Å². The number of para-hydroxylation sites is 1. The van der Waals surface area contributed by atoms with Gasteiger partial charge < -0.3 is 15.4 Å². The number of halogens is 1. The van der Waals surface area contributed by atoms with Crippen LogP contribution in [-0.2, 0) is 0 Å². The molecule has 0 heterocycles. The quantitative estimate of drug-likeness (QED) is 0.419. The number of anilines is 1. The summed E-state index contributed by atoms with van der Waals surface area (Å²) in [5.41, 5.74) is 0.993. The largest absolute Gasteiger partial charge is 0.492 e. The van der Waals surface area contributed by atoms with Crippen LogP contribution in [0.1, 0.15) is 61.8 Å². The number of carbonyl (C=O) groups is 2. The molecule has 2 aromatic carbocycles. The van der Waals surface area contributed by atoms with Crippen LogP contribution in [0.3, 0.4) is 0 Å². The van der Waals surface area contributed by atoms with Crippen molar-refractivity contribution in [1.29, 1.82) is 0 Å². The first-order valence-electron chi connectivity index (χ1n) is 10.4. The topological polar surface area (TPSA) is 79.5 Å². The van der Waals surface area contributed by atoms with Gasteiger partial charge in [0.05, 0.1) is 22.3 Å². The third-order valence-corrected chi connectivity index (χ3v) is 5.11. The molecule has 32 heavy (non-hydrogen) atoms. The van der Waals surface area contributed by atoms with Crippen molar-refractivity contribution in [3.63, 3.8) is 0 Å². The van der Waals surface area contributed by atoms with E-state index in [9.17, 15) is 9.59 Å². The third-order valence-electron chi connectivity index (χ3n) is 4.28. The Morgan fingerprint density at radius 3 is 2.41 bits per heavy atom. The Morgan fingerprint density at radius 2 is 1.78 bits per heavy atom. The summed E-state index contributed by atoms with van der Waals surface area (Å²) in [4.78, 5) is 25.2. The Labute approximate surface area is 203 Å². The SMILES string of the molecule is CC(C)CCOc1ccc(C(=O)NC(=S)Nc2ccccc2C(=O)NC(C)(C)C)cc1Br. The first-order valence-corrected chi connectivity index (χ1v) is 11.6. The second-order valence-electron chi connectivity index (χ2n) is 8.83. The van der Waals surface area contributed by atoms with Crippen LogP contribution >= 0.6 is 28.1 Å². The molecule has 0 atom stereocenters. The number of carbonyl (C=O) groups excluding carboxylic acids is 2. The highest BCUT2D eigenvalue weighted by atomic mass is 79.9. The van der Waals surface area contributed by atoms with Crippen LogP contribution in [0.25, 0.3) is 0 Å². The molecule has 0 saturated heterocycles. The highest BCUT2D eigenvalue weighted by Gasteiger charge is 2.19. The fourth-order valence-electron chi connectivity index (χ4n) is 2.69. The normalized spacial score (nSPS) is 11.1. The van der Waals surface area contributed by atoms with E-state index in [-0.39, 0.29) is 22.5 Å². The Morgan fingerprint density at radius 1 is 1.09 bits per heavy atom. The second kappa shape index (κ2) is 11.4. The van der Waals surface area contributed by atoms with Gasteiger partial charge >= 0.3 is 0 Å². The summed E-state index contributed by atoms with van der Waals surface area (Å²) in [5, 5.41) is 8.61. The molecule has 0 radical (unpaired) electrons. The maximum absolute atomic E-state index is 12.6. The Kier molecular flexibility index (Phi) is 9.21. The molecule has 6 nitrogen and oxygen atoms in total. The lowest BCUT2D eigenvalue weighted by atomic mass is 10.1. The molecule has 2 amide bonds. The van der Waals surface area contributed by atoms with E-state index in [1.54, 1.807) is 42.5 Å². The number of benzene rings is 2. The van der Waals surface area contributed by atoms with Gasteiger partial charge in [0.25, 0.3) is 11.8 Å². The average Bonchev–Trinajstić information content (AvgIpc) is 2.67. The number of amides is 2. The zero-order valence-electron chi connectivity index (χ0n) is 19.0. The summed E-state index contributed by atoms with van der Waals surface area (Å²) in [6.07, 6.45) is 0.948. The lowest BCUT2D eigenvalue weighted by Crippen LogP contribution is -2.41. The number of rotatable bonds is 7. The van der Waals surface area contributed by atoms with Crippen LogP contribution in [0.15, 0.2) is 46.9 Å². The minimum absolute atomic E-state index is 0.0967. The van der Waals surface area contributed by atoms with E-state index in [1.807, 2.05) is 20.8 Å². The van der Waals surface area contributed by atoms with Crippen molar-refractivity contribution >= 4 is 50.8 Å². The lowest BCUT2D eigenvalue weighted by molar-refractivity contribution is 0.0919. The van der Waals surface area contributed by atoms with Crippen LogP contribution in [0.5, 0.6) is 5.75 Å². The van der Waals surface area contributed by atoms with Crippen molar-refractivity contribution in [1.82, 2.24) is 10.6 Å². The summed E-state index contributed by atoms with van der Waals surface area (Å²) in [6.45, 7) is 10.6. The number of hydrogen-bond acceptors (Lipinski definition) is 4. The van der Waals surface area contributed by atoms with Gasteiger partial charge in [-0.3, -0.25) is 14.9 Å². The average molecular weight is 520 g/mol. The molecule has 0 unspecified atom stereocenters. The summed E-state index contributed by atoms with van der Waals surface area (Å²) in [7, 11) is 0. The number of thiocarbonyl (C=S) groups is 1. The maximum Gasteiger partial charge on any atom is 0.257 e. The predicted molar refractivity (Wildman–Crippen MR) is 136 cm³/mol. The van der Waals surface area contributed by atoms with Crippen molar-refractivity contribution in [3.05, 3.63) is 58.1 Å². The molecule has 0 aliphatic rings. The van der Waals surface area contributed by atoms with Gasteiger partial charge in [-0.25, -0.2) is 0 Å². The molecular weight excluding hydrogens is 490 g/mol. The molecule has 8 heteroatoms. The molecule has 172 valence electrons. The van der Waals surface area contributed by atoms with Gasteiger partial charge in [0, 0.05) is 11.1 Å². The highest BCUT2D eigenvalue weighted by Crippen LogP contribution is 2.26. The fraction of sp³-hybridized carbons (Fsp3) is 0.375. The van der Waals surface area contributed by atoms with Crippen molar-refractivity contribution in [3.8, 4) is 5.75 Å². The molecule has 3 N–H and O–H groups in total. The zero-order valence-corrected chi connectivity index (χ0v) is 21.4. The number of ether oxygens (including phenoxy) is 1. The third kappa shape index (κ3) is 8.24. The Hall–Kier alpha value is -2.45. The molecule has 0 aliphatic carbocycles.